The van der Waals surface area contributed by atoms with Crippen LogP contribution >= 0.6 is 0 Å². The van der Waals surface area contributed by atoms with Gasteiger partial charge < -0.3 is 15.4 Å². The van der Waals surface area contributed by atoms with E-state index in [-0.39, 0.29) is 18.1 Å². The minimum absolute atomic E-state index is 0.00113. The second-order valence-corrected chi connectivity index (χ2v) is 5.76. The number of pyridine rings is 1. The fourth-order valence-electron chi connectivity index (χ4n) is 1.70. The fourth-order valence-corrected chi connectivity index (χ4v) is 1.70. The number of carbonyl (C=O) groups excluding carboxylic acids is 1. The first-order valence-electron chi connectivity index (χ1n) is 6.93. The summed E-state index contributed by atoms with van der Waals surface area (Å²) < 4.78 is 5.58. The Morgan fingerprint density at radius 3 is 2.65 bits per heavy atom. The Morgan fingerprint density at radius 2 is 2.05 bits per heavy atom. The van der Waals surface area contributed by atoms with Gasteiger partial charge in [-0.25, -0.2) is 0 Å². The molecule has 1 aromatic heterocycles. The lowest BCUT2D eigenvalue weighted by Gasteiger charge is -2.20. The zero-order chi connectivity index (χ0) is 15.2. The highest BCUT2D eigenvalue weighted by atomic mass is 16.5. The summed E-state index contributed by atoms with van der Waals surface area (Å²) in [6, 6.07) is 3.74. The van der Waals surface area contributed by atoms with E-state index in [9.17, 15) is 4.79 Å². The molecule has 1 aromatic rings. The Morgan fingerprint density at radius 1 is 1.35 bits per heavy atom. The number of aromatic nitrogens is 1. The van der Waals surface area contributed by atoms with Crippen LogP contribution in [0.5, 0.6) is 5.75 Å². The molecule has 2 N–H and O–H groups in total. The highest BCUT2D eigenvalue weighted by Gasteiger charge is 2.15. The number of nitrogens with one attached hydrogen (secondary N) is 2. The van der Waals surface area contributed by atoms with Crippen molar-refractivity contribution in [3.63, 3.8) is 0 Å². The molecule has 0 aliphatic heterocycles. The van der Waals surface area contributed by atoms with Crippen molar-refractivity contribution in [1.82, 2.24) is 15.6 Å². The molecule has 0 unspecified atom stereocenters. The number of ether oxygens (including phenoxy) is 1. The molecule has 1 amide bonds. The molecule has 0 aliphatic carbocycles. The van der Waals surface area contributed by atoms with E-state index in [1.165, 1.54) is 0 Å². The Bertz CT molecular complexity index is 453. The van der Waals surface area contributed by atoms with Gasteiger partial charge in [-0.15, -0.1) is 0 Å². The van der Waals surface area contributed by atoms with E-state index in [0.717, 1.165) is 17.9 Å². The molecule has 5 nitrogen and oxygen atoms in total. The predicted octanol–water partition coefficient (Wildman–Crippen LogP) is 1.79. The van der Waals surface area contributed by atoms with Gasteiger partial charge in [0.15, 0.2) is 6.61 Å². The van der Waals surface area contributed by atoms with Crippen LogP contribution in [-0.2, 0) is 11.3 Å². The van der Waals surface area contributed by atoms with Crippen molar-refractivity contribution in [2.45, 2.75) is 46.7 Å². The standard InChI is InChI=1S/C15H25N3O2/c1-6-16-9-12-13(8-7-11(2)17-12)20-10-14(19)18-15(3,4)5/h7-8,16H,6,9-10H2,1-5H3,(H,18,19). The van der Waals surface area contributed by atoms with E-state index < -0.39 is 0 Å². The lowest BCUT2D eigenvalue weighted by atomic mass is 10.1. The maximum Gasteiger partial charge on any atom is 0.258 e. The smallest absolute Gasteiger partial charge is 0.258 e. The third-order valence-corrected chi connectivity index (χ3v) is 2.49. The Hall–Kier alpha value is -1.62. The van der Waals surface area contributed by atoms with Crippen LogP contribution in [0.3, 0.4) is 0 Å². The largest absolute Gasteiger partial charge is 0.482 e. The van der Waals surface area contributed by atoms with Crippen molar-refractivity contribution in [3.05, 3.63) is 23.5 Å². The number of rotatable bonds is 6. The molecule has 0 spiro atoms. The molecule has 0 bridgehead atoms. The zero-order valence-corrected chi connectivity index (χ0v) is 13.0. The van der Waals surface area contributed by atoms with Gasteiger partial charge >= 0.3 is 0 Å². The van der Waals surface area contributed by atoms with Gasteiger partial charge in [-0.3, -0.25) is 9.78 Å². The molecule has 20 heavy (non-hydrogen) atoms. The number of nitrogens with zero attached hydrogens (tertiary/aromatic N) is 1. The van der Waals surface area contributed by atoms with E-state index in [4.69, 9.17) is 4.74 Å². The normalized spacial score (nSPS) is 11.2. The van der Waals surface area contributed by atoms with Gasteiger partial charge in [0.05, 0.1) is 5.69 Å². The Balaban J connectivity index is 2.65. The molecular formula is C15H25N3O2. The summed E-state index contributed by atoms with van der Waals surface area (Å²) in [5.74, 6) is 0.521. The number of hydrogen-bond donors (Lipinski definition) is 2. The van der Waals surface area contributed by atoms with Gasteiger partial charge in [-0.05, 0) is 46.4 Å². The minimum atomic E-state index is -0.251. The van der Waals surface area contributed by atoms with Crippen molar-refractivity contribution in [2.75, 3.05) is 13.2 Å². The first kappa shape index (κ1) is 16.4. The number of carbonyl (C=O) groups is 1. The monoisotopic (exact) mass is 279 g/mol. The van der Waals surface area contributed by atoms with Crippen molar-refractivity contribution in [2.24, 2.45) is 0 Å². The quantitative estimate of drug-likeness (QED) is 0.833. The molecule has 0 aliphatic rings. The van der Waals surface area contributed by atoms with Crippen LogP contribution in [0.25, 0.3) is 0 Å². The minimum Gasteiger partial charge on any atom is -0.482 e. The number of aryl methyl sites for hydroxylation is 1. The molecule has 0 aromatic carbocycles. The maximum absolute atomic E-state index is 11.8. The second-order valence-electron chi connectivity index (χ2n) is 5.76. The van der Waals surface area contributed by atoms with Gasteiger partial charge in [0.1, 0.15) is 5.75 Å². The van der Waals surface area contributed by atoms with Crippen LogP contribution in [0.15, 0.2) is 12.1 Å². The van der Waals surface area contributed by atoms with Crippen LogP contribution < -0.4 is 15.4 Å². The summed E-state index contributed by atoms with van der Waals surface area (Å²) in [6.45, 7) is 11.3. The molecule has 112 valence electrons. The van der Waals surface area contributed by atoms with Gasteiger partial charge in [0.25, 0.3) is 5.91 Å². The number of hydrogen-bond acceptors (Lipinski definition) is 4. The summed E-state index contributed by atoms with van der Waals surface area (Å²) in [5.41, 5.74) is 1.51. The summed E-state index contributed by atoms with van der Waals surface area (Å²) in [6.07, 6.45) is 0. The van der Waals surface area contributed by atoms with Gasteiger partial charge in [-0.1, -0.05) is 6.92 Å². The lowest BCUT2D eigenvalue weighted by molar-refractivity contribution is -0.124. The van der Waals surface area contributed by atoms with Gasteiger partial charge in [0.2, 0.25) is 0 Å². The molecule has 0 saturated heterocycles. The topological polar surface area (TPSA) is 63.3 Å². The third-order valence-electron chi connectivity index (χ3n) is 2.49. The van der Waals surface area contributed by atoms with E-state index in [0.29, 0.717) is 12.3 Å². The SMILES string of the molecule is CCNCc1nc(C)ccc1OCC(=O)NC(C)(C)C. The van der Waals surface area contributed by atoms with E-state index in [1.54, 1.807) is 0 Å². The first-order chi connectivity index (χ1) is 9.31. The summed E-state index contributed by atoms with van der Waals surface area (Å²) in [5, 5.41) is 6.08. The van der Waals surface area contributed by atoms with Crippen LogP contribution in [0.1, 0.15) is 39.1 Å². The average Bonchev–Trinajstić information content (AvgIpc) is 2.33. The fraction of sp³-hybridized carbons (Fsp3) is 0.600. The maximum atomic E-state index is 11.8. The van der Waals surface area contributed by atoms with Gasteiger partial charge in [-0.2, -0.15) is 0 Å². The summed E-state index contributed by atoms with van der Waals surface area (Å²) >= 11 is 0. The average molecular weight is 279 g/mol. The van der Waals surface area contributed by atoms with Crippen LogP contribution in [0, 0.1) is 6.92 Å². The predicted molar refractivity (Wildman–Crippen MR) is 79.7 cm³/mol. The van der Waals surface area contributed by atoms with Crippen molar-refractivity contribution < 1.29 is 9.53 Å². The molecule has 0 saturated carbocycles. The van der Waals surface area contributed by atoms with Crippen LogP contribution in [0.2, 0.25) is 0 Å². The second kappa shape index (κ2) is 7.24. The van der Waals surface area contributed by atoms with E-state index in [2.05, 4.69) is 15.6 Å². The third kappa shape index (κ3) is 6.02. The van der Waals surface area contributed by atoms with Crippen LogP contribution in [0.4, 0.5) is 0 Å². The van der Waals surface area contributed by atoms with Gasteiger partial charge in [0, 0.05) is 17.8 Å². The molecular weight excluding hydrogens is 254 g/mol. The molecule has 0 radical (unpaired) electrons. The van der Waals surface area contributed by atoms with E-state index >= 15 is 0 Å². The Labute approximate surface area is 121 Å². The van der Waals surface area contributed by atoms with Crippen molar-refractivity contribution in [3.8, 4) is 5.75 Å². The molecule has 1 rings (SSSR count). The lowest BCUT2D eigenvalue weighted by Crippen LogP contribution is -2.43. The highest BCUT2D eigenvalue weighted by molar-refractivity contribution is 5.78. The molecule has 0 fully saturated rings. The van der Waals surface area contributed by atoms with Crippen molar-refractivity contribution >= 4 is 5.91 Å². The highest BCUT2D eigenvalue weighted by Crippen LogP contribution is 2.16. The zero-order valence-electron chi connectivity index (χ0n) is 13.0. The summed E-state index contributed by atoms with van der Waals surface area (Å²) in [7, 11) is 0. The Kier molecular flexibility index (Phi) is 5.95. The molecule has 0 atom stereocenters. The molecule has 5 heteroatoms. The molecule has 1 heterocycles. The van der Waals surface area contributed by atoms with E-state index in [1.807, 2.05) is 46.8 Å². The number of amides is 1. The first-order valence-corrected chi connectivity index (χ1v) is 6.93. The summed E-state index contributed by atoms with van der Waals surface area (Å²) in [4.78, 5) is 16.2. The van der Waals surface area contributed by atoms with Crippen molar-refractivity contribution in [1.29, 1.82) is 0 Å². The van der Waals surface area contributed by atoms with Crippen LogP contribution in [-0.4, -0.2) is 29.6 Å².